The van der Waals surface area contributed by atoms with Crippen LogP contribution >= 0.6 is 23.6 Å². The van der Waals surface area contributed by atoms with Crippen molar-refractivity contribution in [3.63, 3.8) is 0 Å². The molecule has 1 aliphatic heterocycles. The zero-order valence-electron chi connectivity index (χ0n) is 13.8. The van der Waals surface area contributed by atoms with Crippen LogP contribution < -0.4 is 5.32 Å². The van der Waals surface area contributed by atoms with Crippen molar-refractivity contribution in [1.29, 1.82) is 0 Å². The molecule has 1 aliphatic rings. The Labute approximate surface area is 156 Å². The molecule has 4 heterocycles. The molecule has 0 aliphatic carbocycles. The highest BCUT2D eigenvalue weighted by atomic mass is 32.1. The Morgan fingerprint density at radius 3 is 2.52 bits per heavy atom. The van der Waals surface area contributed by atoms with E-state index < -0.39 is 0 Å². The molecule has 0 spiro atoms. The predicted octanol–water partition coefficient (Wildman–Crippen LogP) is 4.02. The first kappa shape index (κ1) is 16.2. The minimum atomic E-state index is 0.0375. The highest BCUT2D eigenvalue weighted by molar-refractivity contribution is 7.80. The number of hydrogen-bond donors (Lipinski definition) is 1. The first-order valence-corrected chi connectivity index (χ1v) is 9.39. The Hall–Kier alpha value is -2.31. The zero-order valence-corrected chi connectivity index (χ0v) is 15.4. The van der Waals surface area contributed by atoms with Gasteiger partial charge in [-0.3, -0.25) is 9.97 Å². The first-order chi connectivity index (χ1) is 12.2. The van der Waals surface area contributed by atoms with Gasteiger partial charge >= 0.3 is 0 Å². The molecule has 4 nitrogen and oxygen atoms in total. The summed E-state index contributed by atoms with van der Waals surface area (Å²) in [6, 6.07) is 16.5. The van der Waals surface area contributed by atoms with E-state index in [0.29, 0.717) is 6.54 Å². The molecule has 25 heavy (non-hydrogen) atoms. The van der Waals surface area contributed by atoms with E-state index in [4.69, 9.17) is 12.2 Å². The Kier molecular flexibility index (Phi) is 4.46. The number of nitrogens with one attached hydrogen (secondary N) is 1. The van der Waals surface area contributed by atoms with Gasteiger partial charge in [-0.2, -0.15) is 0 Å². The van der Waals surface area contributed by atoms with Gasteiger partial charge in [-0.15, -0.1) is 11.3 Å². The fourth-order valence-corrected chi connectivity index (χ4v) is 4.50. The standard InChI is InChI=1S/C19H18N4S2/c1-13-8-9-16(25-13)18-17(15-7-3-5-11-21-15)22-19(24)23(18)12-14-6-2-4-10-20-14/h2-11,17-18H,12H2,1H3,(H,22,24)/t17-,18+/m1/s1. The Balaban J connectivity index is 1.72. The monoisotopic (exact) mass is 366 g/mol. The number of thiocarbonyl (C=S) groups is 1. The van der Waals surface area contributed by atoms with Crippen LogP contribution in [-0.4, -0.2) is 20.0 Å². The van der Waals surface area contributed by atoms with Gasteiger partial charge in [0.05, 0.1) is 30.0 Å². The van der Waals surface area contributed by atoms with Crippen molar-refractivity contribution >= 4 is 28.7 Å². The Bertz CT molecular complexity index is 863. The molecular formula is C19H18N4S2. The summed E-state index contributed by atoms with van der Waals surface area (Å²) in [5.74, 6) is 0. The smallest absolute Gasteiger partial charge is 0.170 e. The summed E-state index contributed by atoms with van der Waals surface area (Å²) in [7, 11) is 0. The van der Waals surface area contributed by atoms with Crippen molar-refractivity contribution in [3.05, 3.63) is 82.1 Å². The SMILES string of the molecule is Cc1ccc([C@H]2[C@@H](c3ccccn3)NC(=S)N2Cc2ccccn2)s1. The lowest BCUT2D eigenvalue weighted by atomic mass is 10.0. The average Bonchev–Trinajstić information content (AvgIpc) is 3.20. The summed E-state index contributed by atoms with van der Waals surface area (Å²) in [4.78, 5) is 13.8. The number of hydrogen-bond acceptors (Lipinski definition) is 4. The molecule has 1 N–H and O–H groups in total. The number of aryl methyl sites for hydroxylation is 1. The van der Waals surface area contributed by atoms with Gasteiger partial charge in [0.15, 0.2) is 5.11 Å². The molecule has 0 amide bonds. The van der Waals surface area contributed by atoms with Crippen LogP contribution in [0.5, 0.6) is 0 Å². The highest BCUT2D eigenvalue weighted by Crippen LogP contribution is 2.41. The summed E-state index contributed by atoms with van der Waals surface area (Å²) in [5, 5.41) is 4.22. The molecule has 6 heteroatoms. The zero-order chi connectivity index (χ0) is 17.2. The van der Waals surface area contributed by atoms with Crippen LogP contribution in [0.25, 0.3) is 0 Å². The van der Waals surface area contributed by atoms with E-state index in [9.17, 15) is 0 Å². The van der Waals surface area contributed by atoms with Gasteiger partial charge in [0.1, 0.15) is 0 Å². The van der Waals surface area contributed by atoms with Crippen LogP contribution in [0.15, 0.2) is 60.9 Å². The third-order valence-electron chi connectivity index (χ3n) is 4.31. The lowest BCUT2D eigenvalue weighted by molar-refractivity contribution is 0.312. The minimum Gasteiger partial charge on any atom is -0.352 e. The van der Waals surface area contributed by atoms with Crippen LogP contribution in [0.2, 0.25) is 0 Å². The first-order valence-electron chi connectivity index (χ1n) is 8.16. The maximum absolute atomic E-state index is 5.66. The van der Waals surface area contributed by atoms with Crippen LogP contribution in [0, 0.1) is 6.92 Å². The Morgan fingerprint density at radius 1 is 1.08 bits per heavy atom. The molecule has 2 atom stereocenters. The second-order valence-electron chi connectivity index (χ2n) is 6.02. The van der Waals surface area contributed by atoms with E-state index in [1.54, 1.807) is 0 Å². The van der Waals surface area contributed by atoms with E-state index in [0.717, 1.165) is 16.5 Å². The molecule has 0 saturated carbocycles. The molecule has 3 aromatic rings. The summed E-state index contributed by atoms with van der Waals surface area (Å²) < 4.78 is 0. The molecular weight excluding hydrogens is 348 g/mol. The molecule has 0 aromatic carbocycles. The van der Waals surface area contributed by atoms with Gasteiger partial charge in [-0.25, -0.2) is 0 Å². The number of rotatable bonds is 4. The number of thiophene rings is 1. The van der Waals surface area contributed by atoms with E-state index in [2.05, 4.69) is 45.3 Å². The molecule has 1 saturated heterocycles. The molecule has 0 unspecified atom stereocenters. The summed E-state index contributed by atoms with van der Waals surface area (Å²) in [6.07, 6.45) is 3.65. The quantitative estimate of drug-likeness (QED) is 0.706. The predicted molar refractivity (Wildman–Crippen MR) is 104 cm³/mol. The van der Waals surface area contributed by atoms with E-state index in [-0.39, 0.29) is 12.1 Å². The number of pyridine rings is 2. The third kappa shape index (κ3) is 3.27. The largest absolute Gasteiger partial charge is 0.352 e. The topological polar surface area (TPSA) is 41.1 Å². The van der Waals surface area contributed by atoms with Crippen LogP contribution in [0.4, 0.5) is 0 Å². The lowest BCUT2D eigenvalue weighted by Crippen LogP contribution is -2.29. The fourth-order valence-electron chi connectivity index (χ4n) is 3.16. The third-order valence-corrected chi connectivity index (χ3v) is 5.73. The van der Waals surface area contributed by atoms with Gasteiger partial charge in [-0.05, 0) is 55.5 Å². The van der Waals surface area contributed by atoms with Crippen molar-refractivity contribution in [2.45, 2.75) is 25.6 Å². The normalized spacial score (nSPS) is 19.9. The van der Waals surface area contributed by atoms with Crippen LogP contribution in [-0.2, 0) is 6.54 Å². The summed E-state index contributed by atoms with van der Waals surface area (Å²) >= 11 is 7.47. The summed E-state index contributed by atoms with van der Waals surface area (Å²) in [5.41, 5.74) is 2.01. The number of aromatic nitrogens is 2. The van der Waals surface area contributed by atoms with E-state index >= 15 is 0 Å². The maximum Gasteiger partial charge on any atom is 0.170 e. The van der Waals surface area contributed by atoms with Crippen LogP contribution in [0.1, 0.15) is 33.2 Å². The second-order valence-corrected chi connectivity index (χ2v) is 7.73. The number of nitrogens with zero attached hydrogens (tertiary/aromatic N) is 3. The Morgan fingerprint density at radius 2 is 1.88 bits per heavy atom. The van der Waals surface area contributed by atoms with Crippen molar-refractivity contribution < 1.29 is 0 Å². The molecule has 4 rings (SSSR count). The van der Waals surface area contributed by atoms with Gasteiger partial charge in [0.25, 0.3) is 0 Å². The second kappa shape index (κ2) is 6.90. The molecule has 0 radical (unpaired) electrons. The molecule has 126 valence electrons. The van der Waals surface area contributed by atoms with E-state index in [1.165, 1.54) is 9.75 Å². The van der Waals surface area contributed by atoms with Gasteiger partial charge in [-0.1, -0.05) is 12.1 Å². The van der Waals surface area contributed by atoms with Crippen molar-refractivity contribution in [2.75, 3.05) is 0 Å². The molecule has 3 aromatic heterocycles. The van der Waals surface area contributed by atoms with Gasteiger partial charge in [0, 0.05) is 22.1 Å². The lowest BCUT2D eigenvalue weighted by Gasteiger charge is -2.26. The molecule has 0 bridgehead atoms. The van der Waals surface area contributed by atoms with E-state index in [1.807, 2.05) is 54.1 Å². The fraction of sp³-hybridized carbons (Fsp3) is 0.211. The average molecular weight is 367 g/mol. The van der Waals surface area contributed by atoms with Crippen molar-refractivity contribution in [3.8, 4) is 0 Å². The van der Waals surface area contributed by atoms with Gasteiger partial charge in [0.2, 0.25) is 0 Å². The minimum absolute atomic E-state index is 0.0375. The van der Waals surface area contributed by atoms with Crippen molar-refractivity contribution in [1.82, 2.24) is 20.2 Å². The maximum atomic E-state index is 5.66. The molecule has 1 fully saturated rings. The van der Waals surface area contributed by atoms with Gasteiger partial charge < -0.3 is 10.2 Å². The van der Waals surface area contributed by atoms with Crippen molar-refractivity contribution in [2.24, 2.45) is 0 Å². The highest BCUT2D eigenvalue weighted by Gasteiger charge is 2.40. The summed E-state index contributed by atoms with van der Waals surface area (Å²) in [6.45, 7) is 2.81. The van der Waals surface area contributed by atoms with Crippen LogP contribution in [0.3, 0.4) is 0 Å².